The summed E-state index contributed by atoms with van der Waals surface area (Å²) in [5.74, 6) is -0.342. The van der Waals surface area contributed by atoms with Gasteiger partial charge in [-0.1, -0.05) is 42.0 Å². The average molecular weight is 425 g/mol. The Kier molecular flexibility index (Phi) is 5.17. The lowest BCUT2D eigenvalue weighted by molar-refractivity contribution is -0.378. The summed E-state index contributed by atoms with van der Waals surface area (Å²) in [4.78, 5) is 36.5. The minimum Gasteiger partial charge on any atom is -0.302 e. The Bertz CT molecular complexity index is 1200. The molecule has 1 N–H and O–H groups in total. The van der Waals surface area contributed by atoms with E-state index in [4.69, 9.17) is 4.99 Å². The number of ketones is 1. The van der Waals surface area contributed by atoms with Crippen LogP contribution in [0.2, 0.25) is 0 Å². The standard InChI is InChI=1S/C27H25N3O2/c1-17-9-11-19(12-10-17)21-14-23-26(25(32)15-21)27(20-6-5-13-28-16-20)30(18(2)31)24-8-4-3-7-22(24)29-23/h3-13,16,21,26-27H,14-15H2,1-2H3/p+1. The molecule has 1 aromatic heterocycles. The van der Waals surface area contributed by atoms with Crippen molar-refractivity contribution in [2.45, 2.75) is 38.6 Å². The number of amides is 1. The topological polar surface area (TPSA) is 63.9 Å². The molecular weight excluding hydrogens is 398 g/mol. The van der Waals surface area contributed by atoms with E-state index in [2.05, 4.69) is 36.2 Å². The SMILES string of the molecule is CC(=O)N1c2ccccc2N=C2CC(c3ccc(C)cc3)CC(=O)C2C1c1ccc[nH+]c1. The molecule has 1 amide bonds. The van der Waals surface area contributed by atoms with Crippen molar-refractivity contribution in [1.29, 1.82) is 0 Å². The lowest BCUT2D eigenvalue weighted by atomic mass is 9.72. The van der Waals surface area contributed by atoms with E-state index in [9.17, 15) is 9.59 Å². The number of nitrogens with zero attached hydrogens (tertiary/aromatic N) is 2. The molecule has 0 saturated heterocycles. The second kappa shape index (κ2) is 8.15. The number of para-hydroxylation sites is 2. The number of aromatic nitrogens is 1. The summed E-state index contributed by atoms with van der Waals surface area (Å²) < 4.78 is 0. The van der Waals surface area contributed by atoms with Gasteiger partial charge in [0.15, 0.2) is 12.4 Å². The third-order valence-electron chi connectivity index (χ3n) is 6.57. The molecule has 2 aromatic carbocycles. The van der Waals surface area contributed by atoms with Gasteiger partial charge in [0.2, 0.25) is 5.91 Å². The molecule has 2 aliphatic rings. The summed E-state index contributed by atoms with van der Waals surface area (Å²) in [6.07, 6.45) is 4.86. The Labute approximate surface area is 187 Å². The number of aryl methyl sites for hydroxylation is 1. The van der Waals surface area contributed by atoms with E-state index >= 15 is 0 Å². The molecule has 5 nitrogen and oxygen atoms in total. The van der Waals surface area contributed by atoms with Crippen LogP contribution in [0.3, 0.4) is 0 Å². The number of fused-ring (bicyclic) bond motifs is 2. The molecule has 5 heteroatoms. The zero-order chi connectivity index (χ0) is 22.2. The van der Waals surface area contributed by atoms with Gasteiger partial charge in [-0.05, 0) is 43.0 Å². The van der Waals surface area contributed by atoms with Gasteiger partial charge in [-0.25, -0.2) is 4.98 Å². The Morgan fingerprint density at radius 3 is 2.50 bits per heavy atom. The molecule has 0 radical (unpaired) electrons. The van der Waals surface area contributed by atoms with Crippen molar-refractivity contribution in [3.8, 4) is 0 Å². The van der Waals surface area contributed by atoms with Crippen molar-refractivity contribution in [2.24, 2.45) is 10.9 Å². The quantitative estimate of drug-likeness (QED) is 0.596. The predicted octanol–water partition coefficient (Wildman–Crippen LogP) is 4.75. The molecule has 1 fully saturated rings. The van der Waals surface area contributed by atoms with E-state index in [-0.39, 0.29) is 17.6 Å². The first-order chi connectivity index (χ1) is 15.5. The van der Waals surface area contributed by atoms with Gasteiger partial charge in [-0.15, -0.1) is 0 Å². The van der Waals surface area contributed by atoms with Crippen molar-refractivity contribution >= 4 is 28.8 Å². The first kappa shape index (κ1) is 20.3. The fraction of sp³-hybridized carbons (Fsp3) is 0.259. The van der Waals surface area contributed by atoms with Gasteiger partial charge in [0.05, 0.1) is 23.3 Å². The number of rotatable bonds is 2. The number of carbonyl (C=O) groups excluding carboxylic acids is 2. The van der Waals surface area contributed by atoms with Crippen molar-refractivity contribution in [2.75, 3.05) is 4.90 Å². The maximum absolute atomic E-state index is 13.7. The largest absolute Gasteiger partial charge is 0.302 e. The molecule has 1 saturated carbocycles. The maximum Gasteiger partial charge on any atom is 0.224 e. The first-order valence-corrected chi connectivity index (χ1v) is 11.0. The second-order valence-electron chi connectivity index (χ2n) is 8.72. The molecule has 1 aliphatic carbocycles. The first-order valence-electron chi connectivity index (χ1n) is 11.0. The van der Waals surface area contributed by atoms with Crippen LogP contribution in [-0.4, -0.2) is 17.4 Å². The summed E-state index contributed by atoms with van der Waals surface area (Å²) in [5.41, 5.74) is 5.61. The fourth-order valence-electron chi connectivity index (χ4n) is 5.07. The molecule has 0 bridgehead atoms. The highest BCUT2D eigenvalue weighted by atomic mass is 16.2. The minimum atomic E-state index is -0.469. The number of nitrogens with one attached hydrogen (secondary N) is 1. The van der Waals surface area contributed by atoms with Crippen LogP contribution in [0.5, 0.6) is 0 Å². The molecule has 3 atom stereocenters. The van der Waals surface area contributed by atoms with Gasteiger partial charge in [-0.3, -0.25) is 14.6 Å². The number of aliphatic imine (C=N–C) groups is 1. The molecular formula is C27H26N3O2+. The van der Waals surface area contributed by atoms with Crippen LogP contribution in [0.25, 0.3) is 0 Å². The van der Waals surface area contributed by atoms with Crippen LogP contribution in [0.15, 0.2) is 78.0 Å². The molecule has 0 spiro atoms. The van der Waals surface area contributed by atoms with Gasteiger partial charge < -0.3 is 4.90 Å². The van der Waals surface area contributed by atoms with Crippen molar-refractivity contribution in [3.63, 3.8) is 0 Å². The zero-order valence-corrected chi connectivity index (χ0v) is 18.3. The van der Waals surface area contributed by atoms with E-state index in [1.165, 1.54) is 5.56 Å². The monoisotopic (exact) mass is 424 g/mol. The van der Waals surface area contributed by atoms with Crippen molar-refractivity contribution in [1.82, 2.24) is 0 Å². The Morgan fingerprint density at radius 1 is 1.00 bits per heavy atom. The number of Topliss-reactive ketones (excluding diaryl/α,β-unsaturated/α-hetero) is 1. The molecule has 32 heavy (non-hydrogen) atoms. The fourth-order valence-corrected chi connectivity index (χ4v) is 5.07. The second-order valence-corrected chi connectivity index (χ2v) is 8.72. The van der Waals surface area contributed by atoms with Gasteiger partial charge in [-0.2, -0.15) is 0 Å². The lowest BCUT2D eigenvalue weighted by Gasteiger charge is -2.37. The van der Waals surface area contributed by atoms with Crippen LogP contribution in [-0.2, 0) is 9.59 Å². The summed E-state index contributed by atoms with van der Waals surface area (Å²) in [5, 5.41) is 0. The van der Waals surface area contributed by atoms with E-state index in [0.717, 1.165) is 28.2 Å². The zero-order valence-electron chi connectivity index (χ0n) is 18.3. The van der Waals surface area contributed by atoms with E-state index in [1.807, 2.05) is 48.8 Å². The minimum absolute atomic E-state index is 0.0946. The number of pyridine rings is 1. The number of aromatic amines is 1. The number of benzene rings is 2. The van der Waals surface area contributed by atoms with E-state index in [0.29, 0.717) is 12.8 Å². The molecule has 3 aromatic rings. The number of anilines is 1. The maximum atomic E-state index is 13.7. The average Bonchev–Trinajstić information content (AvgIpc) is 2.94. The molecule has 2 heterocycles. The van der Waals surface area contributed by atoms with Crippen LogP contribution in [0.4, 0.5) is 11.4 Å². The highest BCUT2D eigenvalue weighted by Gasteiger charge is 2.46. The van der Waals surface area contributed by atoms with E-state index in [1.54, 1.807) is 11.8 Å². The van der Waals surface area contributed by atoms with Gasteiger partial charge in [0.1, 0.15) is 5.78 Å². The van der Waals surface area contributed by atoms with Crippen molar-refractivity contribution in [3.05, 3.63) is 89.7 Å². The van der Waals surface area contributed by atoms with Gasteiger partial charge >= 0.3 is 0 Å². The number of H-pyrrole nitrogens is 1. The summed E-state index contributed by atoms with van der Waals surface area (Å²) in [6.45, 7) is 3.62. The van der Waals surface area contributed by atoms with Gasteiger partial charge in [0, 0.05) is 30.7 Å². The molecule has 3 unspecified atom stereocenters. The van der Waals surface area contributed by atoms with Crippen molar-refractivity contribution < 1.29 is 14.6 Å². The Hall–Kier alpha value is -3.60. The van der Waals surface area contributed by atoms with Crippen LogP contribution >= 0.6 is 0 Å². The number of carbonyl (C=O) groups is 2. The van der Waals surface area contributed by atoms with E-state index < -0.39 is 12.0 Å². The Balaban J connectivity index is 1.66. The Morgan fingerprint density at radius 2 is 1.78 bits per heavy atom. The molecule has 5 rings (SSSR count). The predicted molar refractivity (Wildman–Crippen MR) is 124 cm³/mol. The van der Waals surface area contributed by atoms with Gasteiger partial charge in [0.25, 0.3) is 0 Å². The smallest absolute Gasteiger partial charge is 0.224 e. The third-order valence-corrected chi connectivity index (χ3v) is 6.57. The molecule has 1 aliphatic heterocycles. The summed E-state index contributed by atoms with van der Waals surface area (Å²) >= 11 is 0. The summed E-state index contributed by atoms with van der Waals surface area (Å²) in [6, 6.07) is 19.5. The van der Waals surface area contributed by atoms with Crippen LogP contribution in [0, 0.1) is 12.8 Å². The molecule has 160 valence electrons. The lowest BCUT2D eigenvalue weighted by Crippen LogP contribution is -2.45. The summed E-state index contributed by atoms with van der Waals surface area (Å²) in [7, 11) is 0. The normalized spacial score (nSPS) is 22.4. The van der Waals surface area contributed by atoms with Crippen LogP contribution in [0.1, 0.15) is 48.4 Å². The number of hydrogen-bond donors (Lipinski definition) is 0. The third kappa shape index (κ3) is 3.54. The van der Waals surface area contributed by atoms with Crippen LogP contribution < -0.4 is 9.88 Å². The highest BCUT2D eigenvalue weighted by molar-refractivity contribution is 6.12. The highest BCUT2D eigenvalue weighted by Crippen LogP contribution is 2.47. The number of hydrogen-bond acceptors (Lipinski definition) is 3.